The van der Waals surface area contributed by atoms with Crippen molar-refractivity contribution in [3.63, 3.8) is 0 Å². The van der Waals surface area contributed by atoms with E-state index in [0.29, 0.717) is 42.4 Å². The largest absolute Gasteiger partial charge is 0.457 e. The molecule has 1 fully saturated rings. The van der Waals surface area contributed by atoms with Crippen LogP contribution < -0.4 is 10.1 Å². The molecule has 1 aliphatic rings. The van der Waals surface area contributed by atoms with Crippen LogP contribution in [0.5, 0.6) is 11.5 Å². The summed E-state index contributed by atoms with van der Waals surface area (Å²) >= 11 is 0. The molecule has 0 unspecified atom stereocenters. The zero-order chi connectivity index (χ0) is 17.6. The molecule has 0 saturated carbocycles. The molecule has 0 radical (unpaired) electrons. The summed E-state index contributed by atoms with van der Waals surface area (Å²) in [6, 6.07) is 16.0. The number of rotatable bonds is 3. The van der Waals surface area contributed by atoms with E-state index < -0.39 is 0 Å². The van der Waals surface area contributed by atoms with Gasteiger partial charge in [0.1, 0.15) is 11.5 Å². The predicted octanol–water partition coefficient (Wildman–Crippen LogP) is 3.60. The molecular formula is C19H19N3O3. The van der Waals surface area contributed by atoms with Gasteiger partial charge in [0.2, 0.25) is 0 Å². The van der Waals surface area contributed by atoms with E-state index in [1.165, 1.54) is 0 Å². The number of urea groups is 1. The highest BCUT2D eigenvalue weighted by Crippen LogP contribution is 2.23. The lowest BCUT2D eigenvalue weighted by Crippen LogP contribution is -2.46. The standard InChI is InChI=1S/C19H19N3O3/c1-14-13-22(10-11-24-14)19(23)21-16-4-8-18(9-5-16)25-17-6-2-15(12-20)3-7-17/h2-9,14H,10-11,13H2,1H3,(H,21,23)/t14-/m1/s1. The van der Waals surface area contributed by atoms with Crippen LogP contribution in [0.25, 0.3) is 0 Å². The highest BCUT2D eigenvalue weighted by Gasteiger charge is 2.21. The van der Waals surface area contributed by atoms with E-state index in [1.807, 2.05) is 6.92 Å². The van der Waals surface area contributed by atoms with Crippen LogP contribution in [0.2, 0.25) is 0 Å². The van der Waals surface area contributed by atoms with Crippen LogP contribution >= 0.6 is 0 Å². The van der Waals surface area contributed by atoms with Gasteiger partial charge in [-0.15, -0.1) is 0 Å². The summed E-state index contributed by atoms with van der Waals surface area (Å²) < 4.78 is 11.2. The number of carbonyl (C=O) groups is 1. The third kappa shape index (κ3) is 4.49. The minimum atomic E-state index is -0.129. The monoisotopic (exact) mass is 337 g/mol. The Morgan fingerprint density at radius 1 is 1.20 bits per heavy atom. The van der Waals surface area contributed by atoms with E-state index in [0.717, 1.165) is 0 Å². The minimum Gasteiger partial charge on any atom is -0.457 e. The molecule has 0 bridgehead atoms. The second-order valence-electron chi connectivity index (χ2n) is 5.82. The number of carbonyl (C=O) groups excluding carboxylic acids is 1. The predicted molar refractivity (Wildman–Crippen MR) is 93.7 cm³/mol. The van der Waals surface area contributed by atoms with E-state index in [4.69, 9.17) is 14.7 Å². The smallest absolute Gasteiger partial charge is 0.322 e. The maximum Gasteiger partial charge on any atom is 0.322 e. The number of hydrogen-bond acceptors (Lipinski definition) is 4. The van der Waals surface area contributed by atoms with Crippen LogP contribution in [0.4, 0.5) is 10.5 Å². The molecule has 2 aromatic carbocycles. The van der Waals surface area contributed by atoms with Gasteiger partial charge in [0.25, 0.3) is 0 Å². The van der Waals surface area contributed by atoms with E-state index >= 15 is 0 Å². The summed E-state index contributed by atoms with van der Waals surface area (Å²) in [6.07, 6.45) is 0.0581. The van der Waals surface area contributed by atoms with Gasteiger partial charge in [0.15, 0.2) is 0 Å². The Morgan fingerprint density at radius 3 is 2.44 bits per heavy atom. The van der Waals surface area contributed by atoms with Gasteiger partial charge in [-0.25, -0.2) is 4.79 Å². The second-order valence-corrected chi connectivity index (χ2v) is 5.82. The van der Waals surface area contributed by atoms with Gasteiger partial charge >= 0.3 is 6.03 Å². The number of anilines is 1. The number of nitriles is 1. The van der Waals surface area contributed by atoms with Crippen molar-refractivity contribution in [3.8, 4) is 17.6 Å². The molecule has 1 aliphatic heterocycles. The zero-order valence-corrected chi connectivity index (χ0v) is 13.9. The number of nitrogens with zero attached hydrogens (tertiary/aromatic N) is 2. The van der Waals surface area contributed by atoms with Gasteiger partial charge < -0.3 is 19.7 Å². The molecular weight excluding hydrogens is 318 g/mol. The van der Waals surface area contributed by atoms with Crippen LogP contribution in [0, 0.1) is 11.3 Å². The van der Waals surface area contributed by atoms with E-state index in [2.05, 4.69) is 11.4 Å². The molecule has 0 aromatic heterocycles. The average molecular weight is 337 g/mol. The molecule has 6 nitrogen and oxygen atoms in total. The van der Waals surface area contributed by atoms with Crippen LogP contribution in [-0.4, -0.2) is 36.7 Å². The third-order valence-electron chi connectivity index (χ3n) is 3.85. The van der Waals surface area contributed by atoms with Crippen molar-refractivity contribution in [1.29, 1.82) is 5.26 Å². The maximum atomic E-state index is 12.3. The van der Waals surface area contributed by atoms with Gasteiger partial charge in [-0.2, -0.15) is 5.26 Å². The molecule has 2 amide bonds. The quantitative estimate of drug-likeness (QED) is 0.928. The highest BCUT2D eigenvalue weighted by atomic mass is 16.5. The van der Waals surface area contributed by atoms with E-state index in [1.54, 1.807) is 53.4 Å². The number of morpholine rings is 1. The van der Waals surface area contributed by atoms with Crippen LogP contribution in [0.15, 0.2) is 48.5 Å². The van der Waals surface area contributed by atoms with Crippen molar-refractivity contribution in [2.24, 2.45) is 0 Å². The van der Waals surface area contributed by atoms with Crippen molar-refractivity contribution in [3.05, 3.63) is 54.1 Å². The van der Waals surface area contributed by atoms with Crippen LogP contribution in [-0.2, 0) is 4.74 Å². The molecule has 1 N–H and O–H groups in total. The SMILES string of the molecule is C[C@@H]1CN(C(=O)Nc2ccc(Oc3ccc(C#N)cc3)cc2)CCO1. The van der Waals surface area contributed by atoms with Gasteiger partial charge in [0, 0.05) is 18.8 Å². The molecule has 6 heteroatoms. The zero-order valence-electron chi connectivity index (χ0n) is 13.9. The Bertz CT molecular complexity index is 766. The minimum absolute atomic E-state index is 0.0581. The Balaban J connectivity index is 1.58. The summed E-state index contributed by atoms with van der Waals surface area (Å²) in [5, 5.41) is 11.7. The van der Waals surface area contributed by atoms with Crippen molar-refractivity contribution in [2.75, 3.05) is 25.0 Å². The molecule has 1 atom stereocenters. The average Bonchev–Trinajstić information content (AvgIpc) is 2.64. The lowest BCUT2D eigenvalue weighted by molar-refractivity contribution is -0.00138. The van der Waals surface area contributed by atoms with Gasteiger partial charge in [0.05, 0.1) is 24.3 Å². The summed E-state index contributed by atoms with van der Waals surface area (Å²) in [7, 11) is 0. The van der Waals surface area contributed by atoms with E-state index in [9.17, 15) is 4.79 Å². The molecule has 0 spiro atoms. The molecule has 2 aromatic rings. The Labute approximate surface area is 146 Å². The van der Waals surface area contributed by atoms with Crippen molar-refractivity contribution < 1.29 is 14.3 Å². The van der Waals surface area contributed by atoms with Gasteiger partial charge in [-0.1, -0.05) is 0 Å². The second kappa shape index (κ2) is 7.69. The number of benzene rings is 2. The summed E-state index contributed by atoms with van der Waals surface area (Å²) in [4.78, 5) is 14.0. The first-order valence-electron chi connectivity index (χ1n) is 8.09. The molecule has 25 heavy (non-hydrogen) atoms. The summed E-state index contributed by atoms with van der Waals surface area (Å²) in [5.74, 6) is 1.31. The number of ether oxygens (including phenoxy) is 2. The Hall–Kier alpha value is -3.04. The first kappa shape index (κ1) is 16.8. The number of nitrogens with one attached hydrogen (secondary N) is 1. The van der Waals surface area contributed by atoms with Crippen molar-refractivity contribution >= 4 is 11.7 Å². The highest BCUT2D eigenvalue weighted by molar-refractivity contribution is 5.89. The van der Waals surface area contributed by atoms with Gasteiger partial charge in [-0.05, 0) is 55.5 Å². The van der Waals surface area contributed by atoms with Gasteiger partial charge in [-0.3, -0.25) is 0 Å². The molecule has 128 valence electrons. The molecule has 1 saturated heterocycles. The van der Waals surface area contributed by atoms with Crippen LogP contribution in [0.1, 0.15) is 12.5 Å². The first-order chi connectivity index (χ1) is 12.1. The van der Waals surface area contributed by atoms with Crippen molar-refractivity contribution in [1.82, 2.24) is 4.90 Å². The molecule has 0 aliphatic carbocycles. The van der Waals surface area contributed by atoms with Crippen molar-refractivity contribution in [2.45, 2.75) is 13.0 Å². The fourth-order valence-corrected chi connectivity index (χ4v) is 2.55. The summed E-state index contributed by atoms with van der Waals surface area (Å²) in [6.45, 7) is 3.70. The lowest BCUT2D eigenvalue weighted by Gasteiger charge is -2.31. The number of amides is 2. The first-order valence-corrected chi connectivity index (χ1v) is 8.09. The lowest BCUT2D eigenvalue weighted by atomic mass is 10.2. The molecule has 1 heterocycles. The fraction of sp³-hybridized carbons (Fsp3) is 0.263. The normalized spacial score (nSPS) is 16.8. The topological polar surface area (TPSA) is 74.6 Å². The van der Waals surface area contributed by atoms with Crippen LogP contribution in [0.3, 0.4) is 0 Å². The fourth-order valence-electron chi connectivity index (χ4n) is 2.55. The molecule has 3 rings (SSSR count). The Kier molecular flexibility index (Phi) is 5.17. The third-order valence-corrected chi connectivity index (χ3v) is 3.85. The Morgan fingerprint density at radius 2 is 1.84 bits per heavy atom. The van der Waals surface area contributed by atoms with E-state index in [-0.39, 0.29) is 12.1 Å². The number of hydrogen-bond donors (Lipinski definition) is 1. The summed E-state index contributed by atoms with van der Waals surface area (Å²) in [5.41, 5.74) is 1.29. The maximum absolute atomic E-state index is 12.3.